The first kappa shape index (κ1) is 19.5. The van der Waals surface area contributed by atoms with Crippen molar-refractivity contribution in [3.05, 3.63) is 120 Å². The van der Waals surface area contributed by atoms with Crippen LogP contribution in [0, 0.1) is 0 Å². The van der Waals surface area contributed by atoms with E-state index in [9.17, 15) is 4.79 Å². The van der Waals surface area contributed by atoms with E-state index in [1.54, 1.807) is 0 Å². The highest BCUT2D eigenvalue weighted by Gasteiger charge is 2.39. The second kappa shape index (κ2) is 8.70. The van der Waals surface area contributed by atoms with Crippen LogP contribution in [0.4, 0.5) is 11.4 Å². The lowest BCUT2D eigenvalue weighted by molar-refractivity contribution is -0.146. The predicted octanol–water partition coefficient (Wildman–Crippen LogP) is 6.45. The average Bonchev–Trinajstić information content (AvgIpc) is 3.03. The Balaban J connectivity index is 1.69. The van der Waals surface area contributed by atoms with Gasteiger partial charge < -0.3 is 4.74 Å². The molecule has 1 unspecified atom stereocenters. The van der Waals surface area contributed by atoms with E-state index in [0.717, 1.165) is 22.4 Å². The molecule has 148 valence electrons. The number of hydrogen-bond acceptors (Lipinski definition) is 4. The van der Waals surface area contributed by atoms with E-state index in [1.165, 1.54) is 0 Å². The predicted molar refractivity (Wildman–Crippen MR) is 119 cm³/mol. The van der Waals surface area contributed by atoms with E-state index < -0.39 is 5.41 Å². The molecule has 0 saturated heterocycles. The quantitative estimate of drug-likeness (QED) is 0.432. The van der Waals surface area contributed by atoms with Crippen molar-refractivity contribution in [1.29, 1.82) is 0 Å². The number of rotatable bonds is 5. The van der Waals surface area contributed by atoms with E-state index in [0.29, 0.717) is 12.3 Å². The first-order valence-corrected chi connectivity index (χ1v) is 9.93. The van der Waals surface area contributed by atoms with Crippen LogP contribution in [0.3, 0.4) is 0 Å². The van der Waals surface area contributed by atoms with Gasteiger partial charge in [0.1, 0.15) is 5.41 Å². The molecule has 2 aliphatic rings. The van der Waals surface area contributed by atoms with Crippen molar-refractivity contribution in [2.75, 3.05) is 6.61 Å². The number of carbonyl (C=O) groups excluding carboxylic acids is 1. The average molecular weight is 394 g/mol. The lowest BCUT2D eigenvalue weighted by Crippen LogP contribution is -2.35. The summed E-state index contributed by atoms with van der Waals surface area (Å²) < 4.78 is 5.45. The molecule has 0 radical (unpaired) electrons. The van der Waals surface area contributed by atoms with Crippen molar-refractivity contribution in [3.63, 3.8) is 0 Å². The van der Waals surface area contributed by atoms with Gasteiger partial charge in [0.05, 0.1) is 18.0 Å². The lowest BCUT2D eigenvalue weighted by atomic mass is 9.74. The van der Waals surface area contributed by atoms with Gasteiger partial charge in [0, 0.05) is 0 Å². The Morgan fingerprint density at radius 3 is 2.33 bits per heavy atom. The zero-order chi connectivity index (χ0) is 20.8. The minimum absolute atomic E-state index is 0.294. The van der Waals surface area contributed by atoms with E-state index in [-0.39, 0.29) is 5.97 Å². The van der Waals surface area contributed by atoms with Crippen LogP contribution in [-0.4, -0.2) is 12.6 Å². The van der Waals surface area contributed by atoms with Gasteiger partial charge in [-0.25, -0.2) is 0 Å². The molecule has 0 N–H and O–H groups in total. The van der Waals surface area contributed by atoms with E-state index in [1.807, 2.05) is 110 Å². The van der Waals surface area contributed by atoms with Crippen LogP contribution < -0.4 is 0 Å². The maximum Gasteiger partial charge on any atom is 0.324 e. The lowest BCUT2D eigenvalue weighted by Gasteiger charge is -2.29. The molecule has 4 heteroatoms. The number of azo groups is 1. The van der Waals surface area contributed by atoms with E-state index in [4.69, 9.17) is 4.74 Å². The molecular formula is C26H22N2O2. The van der Waals surface area contributed by atoms with Gasteiger partial charge in [-0.05, 0) is 47.9 Å². The first-order chi connectivity index (χ1) is 14.7. The maximum absolute atomic E-state index is 13.1. The summed E-state index contributed by atoms with van der Waals surface area (Å²) in [7, 11) is 0. The van der Waals surface area contributed by atoms with Crippen LogP contribution in [0.25, 0.3) is 0 Å². The highest BCUT2D eigenvalue weighted by Crippen LogP contribution is 2.38. The Morgan fingerprint density at radius 1 is 0.867 bits per heavy atom. The summed E-state index contributed by atoms with van der Waals surface area (Å²) in [6, 6.07) is 17.1. The number of ether oxygens (including phenoxy) is 1. The summed E-state index contributed by atoms with van der Waals surface area (Å²) >= 11 is 0. The van der Waals surface area contributed by atoms with E-state index >= 15 is 0 Å². The minimum atomic E-state index is -0.980. The molecule has 0 amide bonds. The number of allylic oxidation sites excluding steroid dienone is 8. The summed E-state index contributed by atoms with van der Waals surface area (Å²) in [5.74, 6) is -0.294. The fraction of sp³-hybridized carbons (Fsp3) is 0.115. The van der Waals surface area contributed by atoms with Gasteiger partial charge in [-0.15, -0.1) is 0 Å². The van der Waals surface area contributed by atoms with Crippen molar-refractivity contribution >= 4 is 17.3 Å². The molecule has 0 heterocycles. The molecule has 0 spiro atoms. The molecule has 1 atom stereocenters. The van der Waals surface area contributed by atoms with Crippen molar-refractivity contribution in [3.8, 4) is 0 Å². The number of benzene rings is 2. The Hall–Kier alpha value is -3.79. The van der Waals surface area contributed by atoms with Gasteiger partial charge in [0.25, 0.3) is 0 Å². The first-order valence-electron chi connectivity index (χ1n) is 9.93. The highest BCUT2D eigenvalue weighted by atomic mass is 16.5. The minimum Gasteiger partial charge on any atom is -0.465 e. The standard InChI is InChI=1S/C26H22N2O2/c1-2-30-25(29)26(18-17-20-9-5-3-6-10-21(20)19-26)22-13-15-24(16-14-22)28-27-23-11-7-4-8-12-23/h3-19H,2H2,1H3. The van der Waals surface area contributed by atoms with Crippen LogP contribution in [-0.2, 0) is 14.9 Å². The topological polar surface area (TPSA) is 51.0 Å². The molecule has 2 aromatic carbocycles. The monoisotopic (exact) mass is 394 g/mol. The van der Waals surface area contributed by atoms with E-state index in [2.05, 4.69) is 10.2 Å². The number of nitrogens with zero attached hydrogens (tertiary/aromatic N) is 2. The van der Waals surface area contributed by atoms with Crippen molar-refractivity contribution in [1.82, 2.24) is 0 Å². The molecule has 0 fully saturated rings. The molecule has 4 rings (SSSR count). The largest absolute Gasteiger partial charge is 0.465 e. The SMILES string of the molecule is CCOC(=O)C1(c2ccc(N=Nc3ccccc3)cc2)C=CC2=CC=CC=CC2=C1. The van der Waals surface area contributed by atoms with Gasteiger partial charge >= 0.3 is 5.97 Å². The Labute approximate surface area is 176 Å². The van der Waals surface area contributed by atoms with Gasteiger partial charge in [0.15, 0.2) is 0 Å². The molecule has 4 nitrogen and oxygen atoms in total. The fourth-order valence-corrected chi connectivity index (χ4v) is 3.46. The van der Waals surface area contributed by atoms with Crippen LogP contribution in [0.1, 0.15) is 12.5 Å². The fourth-order valence-electron chi connectivity index (χ4n) is 3.46. The summed E-state index contributed by atoms with van der Waals surface area (Å²) in [5, 5.41) is 8.54. The third-order valence-electron chi connectivity index (χ3n) is 5.01. The molecule has 2 aromatic rings. The number of carbonyl (C=O) groups is 1. The van der Waals surface area contributed by atoms with Crippen LogP contribution in [0.5, 0.6) is 0 Å². The van der Waals surface area contributed by atoms with Crippen molar-refractivity contribution in [2.45, 2.75) is 12.3 Å². The molecule has 0 bridgehead atoms. The summed E-state index contributed by atoms with van der Waals surface area (Å²) in [6.07, 6.45) is 15.8. The zero-order valence-electron chi connectivity index (χ0n) is 16.7. The summed E-state index contributed by atoms with van der Waals surface area (Å²) in [6.45, 7) is 2.14. The van der Waals surface area contributed by atoms with Crippen LogP contribution >= 0.6 is 0 Å². The Morgan fingerprint density at radius 2 is 1.60 bits per heavy atom. The van der Waals surface area contributed by atoms with Crippen LogP contribution in [0.15, 0.2) is 125 Å². The molecule has 0 aromatic heterocycles. The normalized spacial score (nSPS) is 19.8. The van der Waals surface area contributed by atoms with Gasteiger partial charge in [-0.2, -0.15) is 10.2 Å². The van der Waals surface area contributed by atoms with Crippen LogP contribution in [0.2, 0.25) is 0 Å². The second-order valence-corrected chi connectivity index (χ2v) is 6.97. The second-order valence-electron chi connectivity index (χ2n) is 6.97. The molecule has 2 aliphatic carbocycles. The highest BCUT2D eigenvalue weighted by molar-refractivity contribution is 5.90. The van der Waals surface area contributed by atoms with Crippen molar-refractivity contribution < 1.29 is 9.53 Å². The third kappa shape index (κ3) is 3.98. The molecular weight excluding hydrogens is 372 g/mol. The summed E-state index contributed by atoms with van der Waals surface area (Å²) in [4.78, 5) is 13.1. The Kier molecular flexibility index (Phi) is 5.66. The number of hydrogen-bond donors (Lipinski definition) is 0. The molecule has 0 saturated carbocycles. The van der Waals surface area contributed by atoms with Gasteiger partial charge in [0.2, 0.25) is 0 Å². The van der Waals surface area contributed by atoms with Crippen molar-refractivity contribution in [2.24, 2.45) is 10.2 Å². The molecule has 30 heavy (non-hydrogen) atoms. The zero-order valence-corrected chi connectivity index (χ0v) is 16.7. The third-order valence-corrected chi connectivity index (χ3v) is 5.01. The maximum atomic E-state index is 13.1. The number of esters is 1. The smallest absolute Gasteiger partial charge is 0.324 e. The van der Waals surface area contributed by atoms with Gasteiger partial charge in [-0.3, -0.25) is 4.79 Å². The van der Waals surface area contributed by atoms with Gasteiger partial charge in [-0.1, -0.05) is 78.9 Å². The molecule has 0 aliphatic heterocycles. The summed E-state index contributed by atoms with van der Waals surface area (Å²) in [5.41, 5.74) is 3.40. The Bertz CT molecular complexity index is 1100. The number of fused-ring (bicyclic) bond motifs is 1.